The first-order valence-electron chi connectivity index (χ1n) is 11.4. The first-order chi connectivity index (χ1) is 16.5. The van der Waals surface area contributed by atoms with Gasteiger partial charge in [-0.1, -0.05) is 23.7 Å². The number of benzene rings is 2. The van der Waals surface area contributed by atoms with Crippen LogP contribution in [0.4, 0.5) is 11.4 Å². The van der Waals surface area contributed by atoms with Crippen molar-refractivity contribution in [1.82, 2.24) is 10.2 Å². The van der Waals surface area contributed by atoms with E-state index in [1.54, 1.807) is 55.6 Å². The number of nitrogens with zero attached hydrogens (tertiary/aromatic N) is 1. The summed E-state index contributed by atoms with van der Waals surface area (Å²) >= 11 is 5.89. The van der Waals surface area contributed by atoms with Gasteiger partial charge in [-0.25, -0.2) is 0 Å². The van der Waals surface area contributed by atoms with Crippen LogP contribution in [0, 0.1) is 5.92 Å². The quantitative estimate of drug-likeness (QED) is 0.447. The highest BCUT2D eigenvalue weighted by Gasteiger charge is 2.26. The Morgan fingerprint density at radius 1 is 1.03 bits per heavy atom. The van der Waals surface area contributed by atoms with Crippen LogP contribution in [0.3, 0.4) is 0 Å². The van der Waals surface area contributed by atoms with Gasteiger partial charge < -0.3 is 20.7 Å². The first-order valence-corrected chi connectivity index (χ1v) is 11.8. The third-order valence-electron chi connectivity index (χ3n) is 5.70. The lowest BCUT2D eigenvalue weighted by atomic mass is 9.96. The fourth-order valence-electron chi connectivity index (χ4n) is 3.84. The number of para-hydroxylation sites is 1. The molecule has 0 saturated carbocycles. The summed E-state index contributed by atoms with van der Waals surface area (Å²) in [4.78, 5) is 39.7. The van der Waals surface area contributed by atoms with E-state index in [-0.39, 0.29) is 30.2 Å². The molecule has 34 heavy (non-hydrogen) atoms. The number of carbonyl (C=O) groups excluding carboxylic acids is 3. The average Bonchev–Trinajstić information content (AvgIpc) is 2.84. The van der Waals surface area contributed by atoms with Crippen LogP contribution in [0.1, 0.15) is 29.6 Å². The lowest BCUT2D eigenvalue weighted by Gasteiger charge is -2.30. The molecular weight excluding hydrogens is 456 g/mol. The summed E-state index contributed by atoms with van der Waals surface area (Å²) in [6.45, 7) is 2.78. The third-order valence-corrected chi connectivity index (χ3v) is 5.95. The molecule has 2 aromatic carbocycles. The van der Waals surface area contributed by atoms with Crippen LogP contribution in [0.25, 0.3) is 0 Å². The van der Waals surface area contributed by atoms with Crippen molar-refractivity contribution < 1.29 is 19.1 Å². The predicted molar refractivity (Wildman–Crippen MR) is 133 cm³/mol. The van der Waals surface area contributed by atoms with Crippen LogP contribution >= 0.6 is 11.6 Å². The molecule has 8 nitrogen and oxygen atoms in total. The van der Waals surface area contributed by atoms with Crippen molar-refractivity contribution in [2.45, 2.75) is 19.3 Å². The number of methoxy groups -OCH3 is 1. The summed E-state index contributed by atoms with van der Waals surface area (Å²) in [5, 5.41) is 9.20. The normalized spacial score (nSPS) is 14.4. The van der Waals surface area contributed by atoms with Crippen molar-refractivity contribution >= 4 is 40.7 Å². The summed E-state index contributed by atoms with van der Waals surface area (Å²) in [6, 6.07) is 13.7. The molecule has 0 radical (unpaired) electrons. The van der Waals surface area contributed by atoms with Crippen molar-refractivity contribution in [3.8, 4) is 0 Å². The molecule has 0 bridgehead atoms. The topological polar surface area (TPSA) is 99.8 Å². The molecule has 1 aliphatic rings. The van der Waals surface area contributed by atoms with Crippen molar-refractivity contribution in [3.63, 3.8) is 0 Å². The van der Waals surface area contributed by atoms with Gasteiger partial charge in [-0.3, -0.25) is 19.3 Å². The summed E-state index contributed by atoms with van der Waals surface area (Å²) in [5.41, 5.74) is 1.43. The zero-order valence-corrected chi connectivity index (χ0v) is 20.1. The van der Waals surface area contributed by atoms with Gasteiger partial charge in [-0.15, -0.1) is 0 Å². The van der Waals surface area contributed by atoms with Gasteiger partial charge in [0.2, 0.25) is 11.8 Å². The van der Waals surface area contributed by atoms with Crippen molar-refractivity contribution in [2.24, 2.45) is 5.92 Å². The number of piperidine rings is 1. The molecule has 0 spiro atoms. The van der Waals surface area contributed by atoms with E-state index in [1.807, 2.05) is 4.90 Å². The smallest absolute Gasteiger partial charge is 0.257 e. The Balaban J connectivity index is 1.48. The van der Waals surface area contributed by atoms with E-state index < -0.39 is 0 Å². The van der Waals surface area contributed by atoms with Crippen LogP contribution in [0.2, 0.25) is 5.02 Å². The average molecular weight is 487 g/mol. The van der Waals surface area contributed by atoms with Gasteiger partial charge in [0.15, 0.2) is 0 Å². The predicted octanol–water partition coefficient (Wildman–Crippen LogP) is 3.40. The second-order valence-corrected chi connectivity index (χ2v) is 8.68. The van der Waals surface area contributed by atoms with Gasteiger partial charge in [-0.2, -0.15) is 0 Å². The number of rotatable bonds is 10. The molecule has 3 amide bonds. The highest BCUT2D eigenvalue weighted by atomic mass is 35.5. The maximum atomic E-state index is 12.8. The van der Waals surface area contributed by atoms with Crippen LogP contribution in [0.15, 0.2) is 48.5 Å². The zero-order chi connectivity index (χ0) is 24.3. The van der Waals surface area contributed by atoms with Gasteiger partial charge in [-0.05, 0) is 68.8 Å². The third kappa shape index (κ3) is 7.83. The molecule has 0 unspecified atom stereocenters. The Kier molecular flexibility index (Phi) is 9.88. The van der Waals surface area contributed by atoms with Crippen LogP contribution < -0.4 is 16.0 Å². The molecule has 9 heteroatoms. The molecular formula is C25H31ClN4O4. The number of nitrogens with one attached hydrogen (secondary N) is 3. The Bertz CT molecular complexity index is 975. The van der Waals surface area contributed by atoms with Crippen LogP contribution in [-0.2, 0) is 14.3 Å². The molecule has 2 aromatic rings. The van der Waals surface area contributed by atoms with Gasteiger partial charge in [0.05, 0.1) is 17.8 Å². The number of hydrogen-bond acceptors (Lipinski definition) is 5. The summed E-state index contributed by atoms with van der Waals surface area (Å²) in [5.74, 6) is -0.482. The van der Waals surface area contributed by atoms with Gasteiger partial charge >= 0.3 is 0 Å². The standard InChI is InChI=1S/C25H31ClN4O4/c1-34-16-4-13-27-24(32)18-11-14-30(15-12-18)17-23(31)29-22-6-3-2-5-21(22)25(33)28-20-9-7-19(26)8-10-20/h2-3,5-10,18H,4,11-17H2,1H3,(H,27,32)(H,28,33)(H,29,31). The lowest BCUT2D eigenvalue weighted by Crippen LogP contribution is -2.43. The number of amides is 3. The largest absolute Gasteiger partial charge is 0.385 e. The summed E-state index contributed by atoms with van der Waals surface area (Å²) in [6.07, 6.45) is 2.22. The fraction of sp³-hybridized carbons (Fsp3) is 0.400. The van der Waals surface area contributed by atoms with E-state index in [0.29, 0.717) is 61.0 Å². The molecule has 0 atom stereocenters. The Morgan fingerprint density at radius 3 is 2.44 bits per heavy atom. The first kappa shape index (κ1) is 25.7. The molecule has 3 rings (SSSR count). The second kappa shape index (κ2) is 13.1. The molecule has 1 saturated heterocycles. The molecule has 182 valence electrons. The zero-order valence-electron chi connectivity index (χ0n) is 19.3. The fourth-order valence-corrected chi connectivity index (χ4v) is 3.97. The lowest BCUT2D eigenvalue weighted by molar-refractivity contribution is -0.126. The van der Waals surface area contributed by atoms with Gasteiger partial charge in [0, 0.05) is 36.9 Å². The Morgan fingerprint density at radius 2 is 1.74 bits per heavy atom. The highest BCUT2D eigenvalue weighted by Crippen LogP contribution is 2.20. The highest BCUT2D eigenvalue weighted by molar-refractivity contribution is 6.30. The van der Waals surface area contributed by atoms with Crippen molar-refractivity contribution in [2.75, 3.05) is 50.5 Å². The maximum Gasteiger partial charge on any atom is 0.257 e. The molecule has 1 heterocycles. The number of anilines is 2. The number of ether oxygens (including phenoxy) is 1. The SMILES string of the molecule is COCCCNC(=O)C1CCN(CC(=O)Nc2ccccc2C(=O)Nc2ccc(Cl)cc2)CC1. The molecule has 1 fully saturated rings. The minimum absolute atomic E-state index is 0.0286. The van der Waals surface area contributed by atoms with E-state index >= 15 is 0 Å². The maximum absolute atomic E-state index is 12.8. The number of halogens is 1. The van der Waals surface area contributed by atoms with Crippen LogP contribution in [0.5, 0.6) is 0 Å². The van der Waals surface area contributed by atoms with Crippen molar-refractivity contribution in [3.05, 3.63) is 59.1 Å². The molecule has 0 aliphatic carbocycles. The second-order valence-electron chi connectivity index (χ2n) is 8.24. The van der Waals surface area contributed by atoms with Crippen molar-refractivity contribution in [1.29, 1.82) is 0 Å². The van der Waals surface area contributed by atoms with E-state index in [1.165, 1.54) is 0 Å². The number of likely N-dealkylation sites (tertiary alicyclic amines) is 1. The monoisotopic (exact) mass is 486 g/mol. The Labute approximate surface area is 205 Å². The molecule has 1 aliphatic heterocycles. The molecule has 3 N–H and O–H groups in total. The van der Waals surface area contributed by atoms with E-state index in [0.717, 1.165) is 6.42 Å². The summed E-state index contributed by atoms with van der Waals surface area (Å²) in [7, 11) is 1.64. The van der Waals surface area contributed by atoms with E-state index in [9.17, 15) is 14.4 Å². The van der Waals surface area contributed by atoms with Crippen LogP contribution in [-0.4, -0.2) is 62.5 Å². The summed E-state index contributed by atoms with van der Waals surface area (Å²) < 4.78 is 4.99. The number of carbonyl (C=O) groups is 3. The van der Waals surface area contributed by atoms with E-state index in [2.05, 4.69) is 16.0 Å². The minimum Gasteiger partial charge on any atom is -0.385 e. The van der Waals surface area contributed by atoms with Gasteiger partial charge in [0.25, 0.3) is 5.91 Å². The van der Waals surface area contributed by atoms with Gasteiger partial charge in [0.1, 0.15) is 0 Å². The van der Waals surface area contributed by atoms with E-state index in [4.69, 9.17) is 16.3 Å². The Hall–Kier alpha value is -2.94. The number of hydrogen-bond donors (Lipinski definition) is 3. The minimum atomic E-state index is -0.324. The molecule has 0 aromatic heterocycles.